The van der Waals surface area contributed by atoms with E-state index in [2.05, 4.69) is 36.0 Å². The minimum absolute atomic E-state index is 0.0750. The Morgan fingerprint density at radius 3 is 2.53 bits per heavy atom. The topological polar surface area (TPSA) is 67.2 Å². The van der Waals surface area contributed by atoms with Crippen LogP contribution < -0.4 is 11.0 Å². The molecular weight excluding hydrogens is 420 g/mol. The molecule has 0 aliphatic heterocycles. The van der Waals surface area contributed by atoms with Crippen molar-refractivity contribution in [1.29, 1.82) is 0 Å². The van der Waals surface area contributed by atoms with Crippen LogP contribution in [0.5, 0.6) is 0 Å². The van der Waals surface area contributed by atoms with Gasteiger partial charge < -0.3 is 10.2 Å². The maximum Gasteiger partial charge on any atom is 0.348 e. The molecule has 0 bridgehead atoms. The summed E-state index contributed by atoms with van der Waals surface area (Å²) in [7, 11) is 0. The fourth-order valence-electron chi connectivity index (χ4n) is 4.24. The van der Waals surface area contributed by atoms with Gasteiger partial charge >= 0.3 is 5.69 Å². The summed E-state index contributed by atoms with van der Waals surface area (Å²) >= 11 is 1.38. The molecule has 174 valence electrons. The van der Waals surface area contributed by atoms with Crippen molar-refractivity contribution in [2.24, 2.45) is 0 Å². The minimum atomic E-state index is -0.178. The van der Waals surface area contributed by atoms with Gasteiger partial charge in [-0.2, -0.15) is 4.98 Å². The van der Waals surface area contributed by atoms with Crippen molar-refractivity contribution >= 4 is 23.4 Å². The average Bonchev–Trinajstić information content (AvgIpc) is 2.82. The van der Waals surface area contributed by atoms with Gasteiger partial charge in [-0.15, -0.1) is 0 Å². The third kappa shape index (κ3) is 6.45. The third-order valence-electron chi connectivity index (χ3n) is 6.19. The molecule has 0 radical (unpaired) electrons. The molecule has 0 saturated carbocycles. The van der Waals surface area contributed by atoms with Gasteiger partial charge in [0, 0.05) is 23.5 Å². The molecule has 0 fully saturated rings. The van der Waals surface area contributed by atoms with Crippen LogP contribution in [0.15, 0.2) is 34.1 Å². The molecule has 0 saturated heterocycles. The van der Waals surface area contributed by atoms with Crippen molar-refractivity contribution in [3.63, 3.8) is 0 Å². The lowest BCUT2D eigenvalue weighted by atomic mass is 9.97. The molecule has 1 amide bonds. The summed E-state index contributed by atoms with van der Waals surface area (Å²) in [4.78, 5) is 32.1. The molecule has 2 aromatic rings. The predicted molar refractivity (Wildman–Crippen MR) is 133 cm³/mol. The first-order chi connectivity index (χ1) is 15.5. The van der Waals surface area contributed by atoms with Gasteiger partial charge in [0.1, 0.15) is 5.03 Å². The van der Waals surface area contributed by atoms with Gasteiger partial charge in [-0.1, -0.05) is 44.7 Å². The molecule has 6 nitrogen and oxygen atoms in total. The molecule has 0 unspecified atom stereocenters. The summed E-state index contributed by atoms with van der Waals surface area (Å²) in [6, 6.07) is 7.92. The van der Waals surface area contributed by atoms with Crippen molar-refractivity contribution in [1.82, 2.24) is 14.5 Å². The van der Waals surface area contributed by atoms with Crippen LogP contribution in [-0.4, -0.2) is 45.7 Å². The molecule has 1 N–H and O–H groups in total. The van der Waals surface area contributed by atoms with Crippen LogP contribution in [-0.2, 0) is 30.6 Å². The molecular formula is C25H36N4O2S. The summed E-state index contributed by atoms with van der Waals surface area (Å²) < 4.78 is 1.89. The highest BCUT2D eigenvalue weighted by Crippen LogP contribution is 2.28. The fraction of sp³-hybridized carbons (Fsp3) is 0.560. The van der Waals surface area contributed by atoms with E-state index in [0.717, 1.165) is 74.6 Å². The summed E-state index contributed by atoms with van der Waals surface area (Å²) in [6.45, 7) is 10.2. The number of carbonyl (C=O) groups excluding carboxylic acids is 1. The van der Waals surface area contributed by atoms with Gasteiger partial charge in [-0.3, -0.25) is 9.36 Å². The normalized spacial score (nSPS) is 13.2. The molecule has 0 spiro atoms. The highest BCUT2D eigenvalue weighted by Gasteiger charge is 2.21. The summed E-state index contributed by atoms with van der Waals surface area (Å²) in [6.07, 6.45) is 5.98. The van der Waals surface area contributed by atoms with E-state index in [-0.39, 0.29) is 17.3 Å². The summed E-state index contributed by atoms with van der Waals surface area (Å²) in [5.74, 6) is 0.175. The lowest BCUT2D eigenvalue weighted by molar-refractivity contribution is -0.113. The molecule has 1 aromatic heterocycles. The van der Waals surface area contributed by atoms with Gasteiger partial charge in [-0.05, 0) is 75.9 Å². The molecule has 1 aliphatic carbocycles. The van der Waals surface area contributed by atoms with Crippen molar-refractivity contribution in [3.05, 3.63) is 51.6 Å². The number of anilines is 1. The zero-order valence-electron chi connectivity index (χ0n) is 19.7. The largest absolute Gasteiger partial charge is 0.348 e. The second kappa shape index (κ2) is 12.2. The Morgan fingerprint density at radius 1 is 1.12 bits per heavy atom. The van der Waals surface area contributed by atoms with Crippen molar-refractivity contribution in [2.75, 3.05) is 30.7 Å². The van der Waals surface area contributed by atoms with Crippen molar-refractivity contribution < 1.29 is 4.79 Å². The number of thioether (sulfide) groups is 1. The number of carbonyl (C=O) groups is 1. The Labute approximate surface area is 195 Å². The number of amides is 1. The first-order valence-electron chi connectivity index (χ1n) is 11.9. The number of nitrogens with zero attached hydrogens (tertiary/aromatic N) is 3. The predicted octanol–water partition coefficient (Wildman–Crippen LogP) is 4.15. The number of fused-ring (bicyclic) bond motifs is 1. The van der Waals surface area contributed by atoms with E-state index in [0.29, 0.717) is 6.54 Å². The SMILES string of the molecule is CCc1ccc(NC(=O)CSc2nc(=O)n(CCCN(CC)CC)c3c2CCCC3)cc1. The highest BCUT2D eigenvalue weighted by atomic mass is 32.2. The Bertz CT molecular complexity index is 952. The molecule has 3 rings (SSSR count). The zero-order valence-corrected chi connectivity index (χ0v) is 20.5. The van der Waals surface area contributed by atoms with E-state index >= 15 is 0 Å². The van der Waals surface area contributed by atoms with Crippen LogP contribution >= 0.6 is 11.8 Å². The van der Waals surface area contributed by atoms with E-state index in [1.165, 1.54) is 22.9 Å². The fourth-order valence-corrected chi connectivity index (χ4v) is 5.12. The van der Waals surface area contributed by atoms with Crippen molar-refractivity contribution in [2.45, 2.75) is 70.9 Å². The van der Waals surface area contributed by atoms with Gasteiger partial charge in [0.2, 0.25) is 5.91 Å². The summed E-state index contributed by atoms with van der Waals surface area (Å²) in [5, 5.41) is 3.68. The maximum atomic E-state index is 12.8. The summed E-state index contributed by atoms with van der Waals surface area (Å²) in [5.41, 5.74) is 4.16. The Balaban J connectivity index is 1.66. The standard InChI is InChI=1S/C25H36N4O2S/c1-4-19-12-14-20(15-13-19)26-23(30)18-32-24-21-10-7-8-11-22(21)29(25(31)27-24)17-9-16-28(5-2)6-3/h12-15H,4-11,16-18H2,1-3H3,(H,26,30). The number of aromatic nitrogens is 2. The molecule has 0 atom stereocenters. The lowest BCUT2D eigenvalue weighted by Crippen LogP contribution is -2.32. The monoisotopic (exact) mass is 456 g/mol. The first-order valence-corrected chi connectivity index (χ1v) is 12.9. The molecule has 1 aromatic carbocycles. The number of aryl methyl sites for hydroxylation is 1. The quantitative estimate of drug-likeness (QED) is 0.406. The Hall–Kier alpha value is -2.12. The van der Waals surface area contributed by atoms with Gasteiger partial charge in [0.25, 0.3) is 0 Å². The second-order valence-electron chi connectivity index (χ2n) is 8.25. The highest BCUT2D eigenvalue weighted by molar-refractivity contribution is 8.00. The van der Waals surface area contributed by atoms with Crippen LogP contribution in [0.3, 0.4) is 0 Å². The first kappa shape index (κ1) is 24.5. The van der Waals surface area contributed by atoms with E-state index in [9.17, 15) is 9.59 Å². The van der Waals surface area contributed by atoms with Crippen LogP contribution in [0.2, 0.25) is 0 Å². The van der Waals surface area contributed by atoms with E-state index in [1.807, 2.05) is 28.8 Å². The van der Waals surface area contributed by atoms with E-state index < -0.39 is 0 Å². The smallest absolute Gasteiger partial charge is 0.325 e. The van der Waals surface area contributed by atoms with Crippen molar-refractivity contribution in [3.8, 4) is 0 Å². The van der Waals surface area contributed by atoms with Gasteiger partial charge in [-0.25, -0.2) is 4.79 Å². The van der Waals surface area contributed by atoms with Crippen LogP contribution in [0.1, 0.15) is 56.9 Å². The van der Waals surface area contributed by atoms with Crippen LogP contribution in [0, 0.1) is 0 Å². The maximum absolute atomic E-state index is 12.8. The number of hydrogen-bond donors (Lipinski definition) is 1. The molecule has 1 aliphatic rings. The number of nitrogens with one attached hydrogen (secondary N) is 1. The Morgan fingerprint density at radius 2 is 1.84 bits per heavy atom. The number of hydrogen-bond acceptors (Lipinski definition) is 5. The van der Waals surface area contributed by atoms with Crippen LogP contribution in [0.25, 0.3) is 0 Å². The number of rotatable bonds is 11. The van der Waals surface area contributed by atoms with Gasteiger partial charge in [0.05, 0.1) is 5.75 Å². The molecule has 32 heavy (non-hydrogen) atoms. The lowest BCUT2D eigenvalue weighted by Gasteiger charge is -2.23. The Kier molecular flexibility index (Phi) is 9.36. The average molecular weight is 457 g/mol. The molecule has 7 heteroatoms. The van der Waals surface area contributed by atoms with E-state index in [4.69, 9.17) is 0 Å². The van der Waals surface area contributed by atoms with Crippen LogP contribution in [0.4, 0.5) is 5.69 Å². The third-order valence-corrected chi connectivity index (χ3v) is 7.20. The zero-order chi connectivity index (χ0) is 22.9. The van der Waals surface area contributed by atoms with E-state index in [1.54, 1.807) is 0 Å². The second-order valence-corrected chi connectivity index (χ2v) is 9.22. The van der Waals surface area contributed by atoms with Gasteiger partial charge in [0.15, 0.2) is 0 Å². The minimum Gasteiger partial charge on any atom is -0.325 e. The number of benzene rings is 1. The molecule has 1 heterocycles.